The van der Waals surface area contributed by atoms with Crippen molar-refractivity contribution in [3.05, 3.63) is 50.3 Å². The smallest absolute Gasteiger partial charge is 0.262 e. The van der Waals surface area contributed by atoms with E-state index in [2.05, 4.69) is 10.3 Å². The molecule has 1 amide bonds. The van der Waals surface area contributed by atoms with Gasteiger partial charge in [0, 0.05) is 23.4 Å². The normalized spacial score (nSPS) is 12.5. The molecule has 0 aromatic carbocycles. The van der Waals surface area contributed by atoms with Crippen LogP contribution in [0.1, 0.15) is 46.9 Å². The molecule has 0 spiro atoms. The molecule has 0 bridgehead atoms. The molecule has 1 atom stereocenters. The number of thiophene rings is 1. The summed E-state index contributed by atoms with van der Waals surface area (Å²) in [5.74, 6) is 1.52. The van der Waals surface area contributed by atoms with Crippen molar-refractivity contribution in [1.82, 2.24) is 14.9 Å². The maximum absolute atomic E-state index is 12.7. The molecule has 3 heterocycles. The van der Waals surface area contributed by atoms with Crippen LogP contribution in [-0.2, 0) is 11.3 Å². The molecule has 0 aliphatic heterocycles. The van der Waals surface area contributed by atoms with Gasteiger partial charge in [0.05, 0.1) is 17.8 Å². The van der Waals surface area contributed by atoms with Gasteiger partial charge in [-0.05, 0) is 46.2 Å². The minimum Gasteiger partial charge on any atom is -0.466 e. The predicted molar refractivity (Wildman–Crippen MR) is 103 cm³/mol. The SMILES string of the molecule is Cc1cc(C(C)NC(=O)CCn2cnc3sc(C)c(C)c3c2=O)c(C)o1. The van der Waals surface area contributed by atoms with Gasteiger partial charge in [-0.2, -0.15) is 0 Å². The van der Waals surface area contributed by atoms with Crippen LogP contribution in [0, 0.1) is 27.7 Å². The molecule has 0 saturated carbocycles. The summed E-state index contributed by atoms with van der Waals surface area (Å²) in [5, 5.41) is 3.62. The zero-order chi connectivity index (χ0) is 19.0. The Hall–Kier alpha value is -2.41. The van der Waals surface area contributed by atoms with Crippen molar-refractivity contribution >= 4 is 27.5 Å². The van der Waals surface area contributed by atoms with E-state index in [1.54, 1.807) is 0 Å². The molecular weight excluding hydrogens is 350 g/mol. The molecule has 0 radical (unpaired) electrons. The van der Waals surface area contributed by atoms with E-state index in [1.807, 2.05) is 40.7 Å². The molecule has 0 aliphatic carbocycles. The minimum absolute atomic E-state index is 0.0843. The van der Waals surface area contributed by atoms with Crippen LogP contribution in [0.5, 0.6) is 0 Å². The van der Waals surface area contributed by atoms with Crippen LogP contribution in [0.25, 0.3) is 10.2 Å². The third-order valence-electron chi connectivity index (χ3n) is 4.66. The standard InChI is InChI=1S/C19H23N3O3S/c1-10-8-15(13(4)25-10)12(3)21-16(23)6-7-22-9-20-18-17(19(22)24)11(2)14(5)26-18/h8-9,12H,6-7H2,1-5H3,(H,21,23). The highest BCUT2D eigenvalue weighted by Gasteiger charge is 2.16. The Kier molecular flexibility index (Phi) is 5.00. The van der Waals surface area contributed by atoms with Crippen LogP contribution < -0.4 is 10.9 Å². The van der Waals surface area contributed by atoms with Crippen LogP contribution in [0.3, 0.4) is 0 Å². The van der Waals surface area contributed by atoms with Gasteiger partial charge < -0.3 is 9.73 Å². The minimum atomic E-state index is -0.140. The largest absolute Gasteiger partial charge is 0.466 e. The van der Waals surface area contributed by atoms with Crippen LogP contribution >= 0.6 is 11.3 Å². The van der Waals surface area contributed by atoms with Gasteiger partial charge in [0.2, 0.25) is 5.91 Å². The number of hydrogen-bond donors (Lipinski definition) is 1. The number of rotatable bonds is 5. The Morgan fingerprint density at radius 2 is 2.08 bits per heavy atom. The maximum Gasteiger partial charge on any atom is 0.262 e. The number of hydrogen-bond acceptors (Lipinski definition) is 5. The molecular formula is C19H23N3O3S. The van der Waals surface area contributed by atoms with Crippen molar-refractivity contribution in [2.75, 3.05) is 0 Å². The second-order valence-electron chi connectivity index (χ2n) is 6.61. The van der Waals surface area contributed by atoms with Crippen molar-refractivity contribution in [3.63, 3.8) is 0 Å². The summed E-state index contributed by atoms with van der Waals surface area (Å²) >= 11 is 1.52. The molecule has 3 rings (SSSR count). The second-order valence-corrected chi connectivity index (χ2v) is 7.82. The number of carbonyl (C=O) groups excluding carboxylic acids is 1. The van der Waals surface area contributed by atoms with Crippen molar-refractivity contribution in [2.45, 2.75) is 53.6 Å². The summed E-state index contributed by atoms with van der Waals surface area (Å²) in [6, 6.07) is 1.80. The molecule has 1 unspecified atom stereocenters. The van der Waals surface area contributed by atoms with Gasteiger partial charge in [0.25, 0.3) is 5.56 Å². The van der Waals surface area contributed by atoms with E-state index in [0.29, 0.717) is 11.9 Å². The van der Waals surface area contributed by atoms with Gasteiger partial charge in [-0.25, -0.2) is 4.98 Å². The van der Waals surface area contributed by atoms with Crippen molar-refractivity contribution in [3.8, 4) is 0 Å². The summed E-state index contributed by atoms with van der Waals surface area (Å²) in [5.41, 5.74) is 1.86. The van der Waals surface area contributed by atoms with Crippen molar-refractivity contribution in [2.24, 2.45) is 0 Å². The fraction of sp³-hybridized carbons (Fsp3) is 0.421. The van der Waals surface area contributed by atoms with Gasteiger partial charge in [0.1, 0.15) is 16.4 Å². The number of furan rings is 1. The molecule has 7 heteroatoms. The van der Waals surface area contributed by atoms with Gasteiger partial charge in [-0.1, -0.05) is 0 Å². The van der Waals surface area contributed by atoms with E-state index in [0.717, 1.165) is 32.4 Å². The van der Waals surface area contributed by atoms with Gasteiger partial charge in [-0.3, -0.25) is 14.2 Å². The lowest BCUT2D eigenvalue weighted by atomic mass is 10.1. The molecule has 6 nitrogen and oxygen atoms in total. The fourth-order valence-electron chi connectivity index (χ4n) is 3.12. The lowest BCUT2D eigenvalue weighted by Gasteiger charge is -2.13. The monoisotopic (exact) mass is 373 g/mol. The van der Waals surface area contributed by atoms with Crippen LogP contribution in [0.4, 0.5) is 0 Å². The Labute approximate surface area is 155 Å². The highest BCUT2D eigenvalue weighted by Crippen LogP contribution is 2.25. The Morgan fingerprint density at radius 1 is 1.35 bits per heavy atom. The number of carbonyl (C=O) groups is 1. The number of amides is 1. The lowest BCUT2D eigenvalue weighted by molar-refractivity contribution is -0.121. The number of nitrogens with zero attached hydrogens (tertiary/aromatic N) is 2. The summed E-state index contributed by atoms with van der Waals surface area (Å²) in [7, 11) is 0. The zero-order valence-electron chi connectivity index (χ0n) is 15.7. The fourth-order valence-corrected chi connectivity index (χ4v) is 4.11. The summed E-state index contributed by atoms with van der Waals surface area (Å²) < 4.78 is 7.03. The van der Waals surface area contributed by atoms with Crippen LogP contribution in [-0.4, -0.2) is 15.5 Å². The van der Waals surface area contributed by atoms with Gasteiger partial charge in [0.15, 0.2) is 0 Å². The molecule has 0 fully saturated rings. The predicted octanol–water partition coefficient (Wildman–Crippen LogP) is 3.55. The summed E-state index contributed by atoms with van der Waals surface area (Å²) in [6.07, 6.45) is 1.75. The number of fused-ring (bicyclic) bond motifs is 1. The van der Waals surface area contributed by atoms with Crippen LogP contribution in [0.15, 0.2) is 21.6 Å². The third kappa shape index (κ3) is 3.44. The number of nitrogens with one attached hydrogen (secondary N) is 1. The lowest BCUT2D eigenvalue weighted by Crippen LogP contribution is -2.29. The maximum atomic E-state index is 12.7. The molecule has 0 aliphatic rings. The first-order chi connectivity index (χ1) is 12.3. The first kappa shape index (κ1) is 18.4. The Morgan fingerprint density at radius 3 is 2.73 bits per heavy atom. The van der Waals surface area contributed by atoms with E-state index < -0.39 is 0 Å². The van der Waals surface area contributed by atoms with E-state index in [9.17, 15) is 9.59 Å². The Balaban J connectivity index is 1.69. The first-order valence-electron chi connectivity index (χ1n) is 8.59. The molecule has 1 N–H and O–H groups in total. The topological polar surface area (TPSA) is 77.1 Å². The van der Waals surface area contributed by atoms with E-state index in [-0.39, 0.29) is 23.9 Å². The summed E-state index contributed by atoms with van der Waals surface area (Å²) in [6.45, 7) is 9.92. The molecule has 3 aromatic rings. The van der Waals surface area contributed by atoms with Gasteiger partial charge >= 0.3 is 0 Å². The quantitative estimate of drug-likeness (QED) is 0.742. The molecule has 0 saturated heterocycles. The van der Waals surface area contributed by atoms with E-state index in [4.69, 9.17) is 4.42 Å². The van der Waals surface area contributed by atoms with E-state index in [1.165, 1.54) is 22.2 Å². The average Bonchev–Trinajstić information content (AvgIpc) is 3.06. The molecule has 3 aromatic heterocycles. The van der Waals surface area contributed by atoms with Crippen molar-refractivity contribution < 1.29 is 9.21 Å². The average molecular weight is 373 g/mol. The third-order valence-corrected chi connectivity index (χ3v) is 5.77. The highest BCUT2D eigenvalue weighted by atomic mass is 32.1. The van der Waals surface area contributed by atoms with Gasteiger partial charge in [-0.15, -0.1) is 11.3 Å². The van der Waals surface area contributed by atoms with Crippen LogP contribution in [0.2, 0.25) is 0 Å². The highest BCUT2D eigenvalue weighted by molar-refractivity contribution is 7.18. The summed E-state index contributed by atoms with van der Waals surface area (Å²) in [4.78, 5) is 31.2. The number of aromatic nitrogens is 2. The molecule has 138 valence electrons. The van der Waals surface area contributed by atoms with E-state index >= 15 is 0 Å². The Bertz CT molecular complexity index is 1030. The second kappa shape index (κ2) is 7.07. The van der Waals surface area contributed by atoms with Crippen molar-refractivity contribution in [1.29, 1.82) is 0 Å². The zero-order valence-corrected chi connectivity index (χ0v) is 16.5. The first-order valence-corrected chi connectivity index (χ1v) is 9.41. The molecule has 26 heavy (non-hydrogen) atoms. The number of aryl methyl sites for hydroxylation is 5.